The highest BCUT2D eigenvalue weighted by molar-refractivity contribution is 5.94. The summed E-state index contributed by atoms with van der Waals surface area (Å²) in [5, 5.41) is 2.58. The molecule has 0 fully saturated rings. The van der Waals surface area contributed by atoms with Gasteiger partial charge >= 0.3 is 5.97 Å². The van der Waals surface area contributed by atoms with Crippen molar-refractivity contribution in [3.8, 4) is 0 Å². The number of carbonyl (C=O) groups excluding carboxylic acids is 3. The molecule has 0 saturated heterocycles. The molecular weight excluding hydrogens is 236 g/mol. The van der Waals surface area contributed by atoms with E-state index in [-0.39, 0.29) is 11.8 Å². The Morgan fingerprint density at radius 1 is 1.22 bits per heavy atom. The van der Waals surface area contributed by atoms with Crippen molar-refractivity contribution in [3.05, 3.63) is 12.2 Å². The van der Waals surface area contributed by atoms with E-state index in [1.54, 1.807) is 11.8 Å². The third-order valence-corrected chi connectivity index (χ3v) is 2.29. The fraction of sp³-hybridized carbons (Fsp3) is 0.583. The van der Waals surface area contributed by atoms with Gasteiger partial charge < -0.3 is 15.0 Å². The lowest BCUT2D eigenvalue weighted by molar-refractivity contribution is -0.135. The first kappa shape index (κ1) is 16.1. The average Bonchev–Trinajstić information content (AvgIpc) is 2.39. The van der Waals surface area contributed by atoms with Crippen molar-refractivity contribution < 1.29 is 19.1 Å². The number of esters is 1. The molecule has 6 heteroatoms. The summed E-state index contributed by atoms with van der Waals surface area (Å²) in [6, 6.07) is 0. The molecule has 0 aliphatic rings. The first-order chi connectivity index (χ1) is 8.54. The Hall–Kier alpha value is -1.85. The fourth-order valence-corrected chi connectivity index (χ4v) is 1.27. The van der Waals surface area contributed by atoms with Crippen LogP contribution < -0.4 is 5.32 Å². The molecule has 1 N–H and O–H groups in total. The summed E-state index contributed by atoms with van der Waals surface area (Å²) in [5.74, 6) is -0.918. The zero-order valence-corrected chi connectivity index (χ0v) is 11.1. The summed E-state index contributed by atoms with van der Waals surface area (Å²) in [7, 11) is 1.24. The van der Waals surface area contributed by atoms with E-state index in [2.05, 4.69) is 10.1 Å². The Kier molecular flexibility index (Phi) is 8.26. The maximum absolute atomic E-state index is 11.4. The largest absolute Gasteiger partial charge is 0.466 e. The van der Waals surface area contributed by atoms with Crippen molar-refractivity contribution in [1.82, 2.24) is 10.2 Å². The molecule has 0 atom stereocenters. The highest BCUT2D eigenvalue weighted by Gasteiger charge is 2.08. The molecule has 0 heterocycles. The van der Waals surface area contributed by atoms with Gasteiger partial charge in [-0.2, -0.15) is 0 Å². The number of hydrogen-bond donors (Lipinski definition) is 1. The summed E-state index contributed by atoms with van der Waals surface area (Å²) in [4.78, 5) is 35.1. The van der Waals surface area contributed by atoms with Gasteiger partial charge in [0.15, 0.2) is 0 Å². The second kappa shape index (κ2) is 9.21. The maximum Gasteiger partial charge on any atom is 0.330 e. The van der Waals surface area contributed by atoms with E-state index >= 15 is 0 Å². The zero-order valence-electron chi connectivity index (χ0n) is 11.1. The number of hydrogen-bond acceptors (Lipinski definition) is 4. The predicted molar refractivity (Wildman–Crippen MR) is 66.7 cm³/mol. The lowest BCUT2D eigenvalue weighted by Gasteiger charge is -2.19. The molecule has 0 aromatic heterocycles. The van der Waals surface area contributed by atoms with Crippen LogP contribution in [-0.2, 0) is 19.1 Å². The molecule has 0 saturated carbocycles. The maximum atomic E-state index is 11.4. The predicted octanol–water partition coefficient (Wildman–Crippen LogP) is 0.0903. The summed E-state index contributed by atoms with van der Waals surface area (Å²) < 4.78 is 4.35. The molecule has 0 aliphatic carbocycles. The van der Waals surface area contributed by atoms with Crippen LogP contribution in [0.25, 0.3) is 0 Å². The van der Waals surface area contributed by atoms with Crippen molar-refractivity contribution in [3.63, 3.8) is 0 Å². The SMILES string of the molecule is CCC(=O)N(CC)CCNC(=O)/C=C\C(=O)OC. The highest BCUT2D eigenvalue weighted by atomic mass is 16.5. The number of rotatable bonds is 7. The molecule has 0 aliphatic heterocycles. The van der Waals surface area contributed by atoms with Gasteiger partial charge in [0.05, 0.1) is 7.11 Å². The van der Waals surface area contributed by atoms with Crippen molar-refractivity contribution in [2.75, 3.05) is 26.7 Å². The summed E-state index contributed by atoms with van der Waals surface area (Å²) in [6.45, 7) is 5.10. The fourth-order valence-electron chi connectivity index (χ4n) is 1.27. The molecule has 0 unspecified atom stereocenters. The number of ether oxygens (including phenoxy) is 1. The van der Waals surface area contributed by atoms with Gasteiger partial charge in [-0.3, -0.25) is 9.59 Å². The number of nitrogens with one attached hydrogen (secondary N) is 1. The number of amides is 2. The number of carbonyl (C=O) groups is 3. The summed E-state index contributed by atoms with van der Waals surface area (Å²) in [5.41, 5.74) is 0. The van der Waals surface area contributed by atoms with E-state index < -0.39 is 5.97 Å². The highest BCUT2D eigenvalue weighted by Crippen LogP contribution is 1.92. The van der Waals surface area contributed by atoms with Gasteiger partial charge in [0.1, 0.15) is 0 Å². The van der Waals surface area contributed by atoms with Crippen LogP contribution in [0.1, 0.15) is 20.3 Å². The van der Waals surface area contributed by atoms with Gasteiger partial charge in [-0.05, 0) is 6.92 Å². The van der Waals surface area contributed by atoms with E-state index in [9.17, 15) is 14.4 Å². The minimum Gasteiger partial charge on any atom is -0.466 e. The smallest absolute Gasteiger partial charge is 0.330 e. The quantitative estimate of drug-likeness (QED) is 0.517. The van der Waals surface area contributed by atoms with E-state index in [1.807, 2.05) is 6.92 Å². The molecule has 6 nitrogen and oxygen atoms in total. The van der Waals surface area contributed by atoms with Crippen molar-refractivity contribution in [2.24, 2.45) is 0 Å². The van der Waals surface area contributed by atoms with Gasteiger partial charge in [0.25, 0.3) is 0 Å². The average molecular weight is 256 g/mol. The summed E-state index contributed by atoms with van der Waals surface area (Å²) in [6.07, 6.45) is 2.60. The van der Waals surface area contributed by atoms with Crippen molar-refractivity contribution >= 4 is 17.8 Å². The topological polar surface area (TPSA) is 75.7 Å². The lowest BCUT2D eigenvalue weighted by atomic mass is 10.3. The Morgan fingerprint density at radius 2 is 1.89 bits per heavy atom. The molecule has 0 aromatic rings. The molecule has 0 rings (SSSR count). The van der Waals surface area contributed by atoms with Gasteiger partial charge in [-0.15, -0.1) is 0 Å². The molecule has 18 heavy (non-hydrogen) atoms. The van der Waals surface area contributed by atoms with Crippen LogP contribution in [0.4, 0.5) is 0 Å². The van der Waals surface area contributed by atoms with Gasteiger partial charge in [0.2, 0.25) is 11.8 Å². The van der Waals surface area contributed by atoms with Crippen LogP contribution in [0.15, 0.2) is 12.2 Å². The van der Waals surface area contributed by atoms with Crippen molar-refractivity contribution in [2.45, 2.75) is 20.3 Å². The van der Waals surface area contributed by atoms with E-state index in [1.165, 1.54) is 7.11 Å². The van der Waals surface area contributed by atoms with Gasteiger partial charge in [-0.25, -0.2) is 4.79 Å². The van der Waals surface area contributed by atoms with E-state index in [0.29, 0.717) is 26.1 Å². The third-order valence-electron chi connectivity index (χ3n) is 2.29. The first-order valence-electron chi connectivity index (χ1n) is 5.86. The molecule has 0 aromatic carbocycles. The summed E-state index contributed by atoms with van der Waals surface area (Å²) >= 11 is 0. The third kappa shape index (κ3) is 6.67. The van der Waals surface area contributed by atoms with Crippen molar-refractivity contribution in [1.29, 1.82) is 0 Å². The Morgan fingerprint density at radius 3 is 2.39 bits per heavy atom. The second-order valence-electron chi connectivity index (χ2n) is 3.47. The van der Waals surface area contributed by atoms with Crippen LogP contribution >= 0.6 is 0 Å². The van der Waals surface area contributed by atoms with Crippen LogP contribution in [0, 0.1) is 0 Å². The van der Waals surface area contributed by atoms with Crippen LogP contribution in [0.5, 0.6) is 0 Å². The first-order valence-corrected chi connectivity index (χ1v) is 5.86. The normalized spacial score (nSPS) is 10.2. The Bertz CT molecular complexity index is 326. The minimum absolute atomic E-state index is 0.0526. The standard InChI is InChI=1S/C12H20N2O4/c1-4-11(16)14(5-2)9-8-13-10(15)6-7-12(17)18-3/h6-7H,4-5,8-9H2,1-3H3,(H,13,15)/b7-6-. The molecular formula is C12H20N2O4. The van der Waals surface area contributed by atoms with E-state index in [0.717, 1.165) is 12.2 Å². The number of methoxy groups -OCH3 is 1. The Balaban J connectivity index is 3.96. The monoisotopic (exact) mass is 256 g/mol. The zero-order chi connectivity index (χ0) is 14.0. The molecule has 0 spiro atoms. The molecule has 0 radical (unpaired) electrons. The second-order valence-corrected chi connectivity index (χ2v) is 3.47. The van der Waals surface area contributed by atoms with Crippen LogP contribution in [0.3, 0.4) is 0 Å². The molecule has 102 valence electrons. The minimum atomic E-state index is -0.582. The molecule has 0 bridgehead atoms. The molecule has 2 amide bonds. The number of likely N-dealkylation sites (N-methyl/N-ethyl adjacent to an activating group) is 1. The van der Waals surface area contributed by atoms with E-state index in [4.69, 9.17) is 0 Å². The van der Waals surface area contributed by atoms with Gasteiger partial charge in [0, 0.05) is 38.2 Å². The lowest BCUT2D eigenvalue weighted by Crippen LogP contribution is -2.37. The van der Waals surface area contributed by atoms with Crippen LogP contribution in [-0.4, -0.2) is 49.4 Å². The number of nitrogens with zero attached hydrogens (tertiary/aromatic N) is 1. The van der Waals surface area contributed by atoms with Crippen LogP contribution in [0.2, 0.25) is 0 Å². The Labute approximate surface area is 107 Å². The van der Waals surface area contributed by atoms with Gasteiger partial charge in [-0.1, -0.05) is 6.92 Å².